The fourth-order valence-electron chi connectivity index (χ4n) is 0. The Bertz CT molecular complexity index is 16.0. The molecule has 4 heteroatoms. The molecule has 0 aromatic carbocycles. The fourth-order valence-corrected chi connectivity index (χ4v) is 0. The van der Waals surface area contributed by atoms with Crippen molar-refractivity contribution in [2.45, 2.75) is 0 Å². The van der Waals surface area contributed by atoms with Gasteiger partial charge in [0.25, 0.3) is 0 Å². The molecule has 0 N–H and O–H groups in total. The van der Waals surface area contributed by atoms with Gasteiger partial charge in [-0.1, -0.05) is 0 Å². The van der Waals surface area contributed by atoms with Gasteiger partial charge in [0.05, 0.1) is 0 Å². The molecule has 0 atom stereocenters. The predicted molar refractivity (Wildman–Crippen MR) is 34.4 cm³/mol. The molecule has 4 heavy (non-hydrogen) atoms. The van der Waals surface area contributed by atoms with Gasteiger partial charge in [-0.2, -0.15) is 0 Å². The van der Waals surface area contributed by atoms with Crippen molar-refractivity contribution in [1.82, 2.24) is 0 Å². The second-order valence-corrected chi connectivity index (χ2v) is 0. The fraction of sp³-hybridized carbons (Fsp3) is 0. The topological polar surface area (TPSA) is 0 Å². The zero-order chi connectivity index (χ0) is 0. The summed E-state index contributed by atoms with van der Waals surface area (Å²) in [5.74, 6) is 0. The molecule has 0 aliphatic heterocycles. The Kier molecular flexibility index (Phi) is 104. The Hall–Kier alpha value is 3.49. The van der Waals surface area contributed by atoms with Crippen LogP contribution in [0.25, 0.3) is 0 Å². The summed E-state index contributed by atoms with van der Waals surface area (Å²) in [5.41, 5.74) is 0. The van der Waals surface area contributed by atoms with Crippen molar-refractivity contribution in [2.24, 2.45) is 0 Å². The van der Waals surface area contributed by atoms with Gasteiger partial charge in [-0.25, -0.2) is 0 Å². The number of rotatable bonds is 0. The normalized spacial score (nSPS) is 0. The van der Waals surface area contributed by atoms with Gasteiger partial charge in [0.1, 0.15) is 0 Å². The molecular weight excluding hydrogens is 310 g/mol. The molecular formula is H9BaGaMgSe. The first-order valence-corrected chi connectivity index (χ1v) is 0. The molecule has 0 saturated heterocycles. The van der Waals surface area contributed by atoms with E-state index in [9.17, 15) is 0 Å². The summed E-state index contributed by atoms with van der Waals surface area (Å²) in [7, 11) is 0. The molecule has 0 nitrogen and oxygen atoms in total. The van der Waals surface area contributed by atoms with Crippen LogP contribution in [0.3, 0.4) is 0 Å². The van der Waals surface area contributed by atoms with Crippen LogP contribution in [0.5, 0.6) is 0 Å². The zero-order valence-electron chi connectivity index (χ0n) is 5.91. The van der Waals surface area contributed by atoms with Crippen LogP contribution in [-0.4, -0.2) is 109 Å². The van der Waals surface area contributed by atoms with E-state index < -0.39 is 0 Å². The van der Waals surface area contributed by atoms with Crippen LogP contribution in [0, 0.1) is 0 Å². The van der Waals surface area contributed by atoms with Crippen LogP contribution in [0.4, 0.5) is 0 Å². The quantitative estimate of drug-likeness (QED) is 0.436. The third kappa shape index (κ3) is 9.09. The van der Waals surface area contributed by atoms with Crippen molar-refractivity contribution in [2.75, 3.05) is 0 Å². The molecule has 0 aliphatic carbocycles. The van der Waals surface area contributed by atoms with Gasteiger partial charge in [0, 0.05) is 0 Å². The Morgan fingerprint density at radius 3 is 1.25 bits per heavy atom. The first kappa shape index (κ1) is 25.9. The Morgan fingerprint density at radius 2 is 1.25 bits per heavy atom. The van der Waals surface area contributed by atoms with Crippen LogP contribution >= 0.6 is 0 Å². The molecule has 0 saturated carbocycles. The maximum absolute atomic E-state index is 0. The van der Waals surface area contributed by atoms with Gasteiger partial charge in [0.15, 0.2) is 0 Å². The van der Waals surface area contributed by atoms with E-state index in [1.165, 1.54) is 0 Å². The first-order valence-electron chi connectivity index (χ1n) is 0. The molecule has 0 radical (unpaired) electrons. The van der Waals surface area contributed by atoms with E-state index in [1.807, 2.05) is 0 Å². The average molecular weight is 319 g/mol. The van der Waals surface area contributed by atoms with Gasteiger partial charge in [-0.3, -0.25) is 0 Å². The summed E-state index contributed by atoms with van der Waals surface area (Å²) in [6.45, 7) is 0. The van der Waals surface area contributed by atoms with E-state index in [2.05, 4.69) is 0 Å². The molecule has 0 aromatic rings. The van der Waals surface area contributed by atoms with Crippen LogP contribution in [-0.2, 0) is 0 Å². The molecule has 0 aromatic heterocycles. The van der Waals surface area contributed by atoms with Gasteiger partial charge >= 0.3 is 109 Å². The minimum atomic E-state index is 0. The van der Waals surface area contributed by atoms with Crippen molar-refractivity contribution in [1.29, 1.82) is 0 Å². The number of hydrogen-bond donors (Lipinski definition) is 0. The Labute approximate surface area is 112 Å². The van der Waals surface area contributed by atoms with Gasteiger partial charge in [0.2, 0.25) is 0 Å². The van der Waals surface area contributed by atoms with E-state index in [0.29, 0.717) is 0 Å². The molecule has 0 fully saturated rings. The van der Waals surface area contributed by atoms with E-state index in [1.54, 1.807) is 0 Å². The zero-order valence-corrected chi connectivity index (χ0v) is 9.87. The van der Waals surface area contributed by atoms with E-state index in [4.69, 9.17) is 0 Å². The monoisotopic (exact) mass is 320 g/mol. The number of hydrogen-bond acceptors (Lipinski definition) is 0. The van der Waals surface area contributed by atoms with Crippen molar-refractivity contribution in [3.63, 3.8) is 0 Å². The SMILES string of the molecule is [Ba+2].[GaH3].[H-].[H-].[H-].[H-].[Mg+2].[SeH2]. The van der Waals surface area contributed by atoms with E-state index in [0.717, 1.165) is 0 Å². The summed E-state index contributed by atoms with van der Waals surface area (Å²) in [4.78, 5) is 0. The van der Waals surface area contributed by atoms with Gasteiger partial charge in [-0.05, 0) is 0 Å². The molecule has 0 spiro atoms. The first-order chi connectivity index (χ1) is 0. The van der Waals surface area contributed by atoms with Crippen molar-refractivity contribution >= 4 is 109 Å². The molecule has 0 amide bonds. The summed E-state index contributed by atoms with van der Waals surface area (Å²) in [6.07, 6.45) is 0. The Balaban J connectivity index is 0. The van der Waals surface area contributed by atoms with Crippen molar-refractivity contribution in [3.05, 3.63) is 0 Å². The van der Waals surface area contributed by atoms with Crippen molar-refractivity contribution < 1.29 is 5.71 Å². The molecule has 0 bridgehead atoms. The van der Waals surface area contributed by atoms with Crippen LogP contribution < -0.4 is 0 Å². The molecule has 0 unspecified atom stereocenters. The summed E-state index contributed by atoms with van der Waals surface area (Å²) >= 11 is 0. The molecule has 0 aliphatic rings. The van der Waals surface area contributed by atoms with Gasteiger partial charge < -0.3 is 5.71 Å². The molecule has 0 rings (SSSR count). The second kappa shape index (κ2) is 16.1. The van der Waals surface area contributed by atoms with Crippen molar-refractivity contribution in [3.8, 4) is 0 Å². The summed E-state index contributed by atoms with van der Waals surface area (Å²) in [5, 5.41) is 0. The molecule has 22 valence electrons. The van der Waals surface area contributed by atoms with E-state index >= 15 is 0 Å². The van der Waals surface area contributed by atoms with E-state index in [-0.39, 0.29) is 114 Å². The van der Waals surface area contributed by atoms with Crippen LogP contribution in [0.15, 0.2) is 0 Å². The third-order valence-corrected chi connectivity index (χ3v) is 0. The van der Waals surface area contributed by atoms with Gasteiger partial charge in [-0.15, -0.1) is 0 Å². The summed E-state index contributed by atoms with van der Waals surface area (Å²) in [6, 6.07) is 0. The minimum absolute atomic E-state index is 0. The standard InChI is InChI=1S/Ba.Ga.Mg.H2Se.7H/h;;;1H2;;;;;;;/q+2;;+2;;;;;4*-1. The third-order valence-electron chi connectivity index (χ3n) is 0. The summed E-state index contributed by atoms with van der Waals surface area (Å²) < 4.78 is 0. The maximum atomic E-state index is 0. The second-order valence-electron chi connectivity index (χ2n) is 0. The molecule has 0 heterocycles. The van der Waals surface area contributed by atoms with Crippen LogP contribution in [0.1, 0.15) is 5.71 Å². The predicted octanol–water partition coefficient (Wildman–Crippen LogP) is -2.41. The Morgan fingerprint density at radius 1 is 1.25 bits per heavy atom. The van der Waals surface area contributed by atoms with Crippen LogP contribution in [0.2, 0.25) is 0 Å². The average Bonchev–Trinajstić information content (AvgIpc) is 0.